The zero-order chi connectivity index (χ0) is 24.9. The van der Waals surface area contributed by atoms with E-state index in [0.717, 1.165) is 9.87 Å². The lowest BCUT2D eigenvalue weighted by Crippen LogP contribution is -2.41. The van der Waals surface area contributed by atoms with Crippen LogP contribution in [0.15, 0.2) is 71.6 Å². The van der Waals surface area contributed by atoms with E-state index in [-0.39, 0.29) is 29.3 Å². The summed E-state index contributed by atoms with van der Waals surface area (Å²) in [5.41, 5.74) is 2.93. The van der Waals surface area contributed by atoms with Crippen LogP contribution in [-0.2, 0) is 28.0 Å². The molecule has 3 aromatic carbocycles. The topological polar surface area (TPSA) is 124 Å². The summed E-state index contributed by atoms with van der Waals surface area (Å²) in [6.45, 7) is 2.80. The van der Waals surface area contributed by atoms with Gasteiger partial charge in [-0.2, -0.15) is 0 Å². The van der Waals surface area contributed by atoms with E-state index in [4.69, 9.17) is 5.11 Å². The molecule has 1 amide bonds. The summed E-state index contributed by atoms with van der Waals surface area (Å²) in [4.78, 5) is 24.0. The molecule has 178 valence electrons. The van der Waals surface area contributed by atoms with E-state index >= 15 is 0 Å². The van der Waals surface area contributed by atoms with Gasteiger partial charge in [-0.25, -0.2) is 13.2 Å². The van der Waals surface area contributed by atoms with Gasteiger partial charge in [0.1, 0.15) is 6.54 Å². The third kappa shape index (κ3) is 5.62. The van der Waals surface area contributed by atoms with E-state index in [9.17, 15) is 23.1 Å². The van der Waals surface area contributed by atoms with Crippen molar-refractivity contribution in [3.8, 4) is 0 Å². The Morgan fingerprint density at radius 3 is 2.29 bits per heavy atom. The number of carboxylic acid groups (broad SMARTS) is 1. The lowest BCUT2D eigenvalue weighted by Gasteiger charge is -2.26. The number of rotatable bonds is 9. The third-order valence-electron chi connectivity index (χ3n) is 5.42. The number of carboxylic acids is 1. The molecule has 34 heavy (non-hydrogen) atoms. The smallest absolute Gasteiger partial charge is 0.335 e. The SMILES string of the molecule is Cc1ccc(S(=O)(=O)N(CC(=O)NCc2cccc(C(=O)O)c2)c2cccc(CO)c2C)cc1. The summed E-state index contributed by atoms with van der Waals surface area (Å²) in [6, 6.07) is 17.4. The summed E-state index contributed by atoms with van der Waals surface area (Å²) >= 11 is 0. The number of sulfonamides is 1. The summed E-state index contributed by atoms with van der Waals surface area (Å²) in [7, 11) is -4.10. The van der Waals surface area contributed by atoms with E-state index < -0.39 is 28.4 Å². The van der Waals surface area contributed by atoms with Crippen molar-refractivity contribution in [2.24, 2.45) is 0 Å². The molecule has 8 nitrogen and oxygen atoms in total. The van der Waals surface area contributed by atoms with Gasteiger partial charge < -0.3 is 15.5 Å². The number of aryl methyl sites for hydroxylation is 1. The molecule has 0 saturated heterocycles. The van der Waals surface area contributed by atoms with Gasteiger partial charge in [-0.1, -0.05) is 42.0 Å². The second-order valence-corrected chi connectivity index (χ2v) is 9.69. The van der Waals surface area contributed by atoms with Crippen LogP contribution in [0, 0.1) is 13.8 Å². The normalized spacial score (nSPS) is 11.1. The van der Waals surface area contributed by atoms with E-state index in [0.29, 0.717) is 16.7 Å². The standard InChI is InChI=1S/C25H26N2O6S/c1-17-9-11-22(12-10-17)34(32,33)27(23-8-4-7-21(16-28)18(23)2)15-24(29)26-14-19-5-3-6-20(13-19)25(30)31/h3-13,28H,14-16H2,1-2H3,(H,26,29)(H,30,31). The Hall–Kier alpha value is -3.69. The number of hydrogen-bond acceptors (Lipinski definition) is 5. The molecule has 3 rings (SSSR count). The van der Waals surface area contributed by atoms with Crippen molar-refractivity contribution < 1.29 is 28.2 Å². The number of carbonyl (C=O) groups excluding carboxylic acids is 1. The van der Waals surface area contributed by atoms with Crippen LogP contribution in [0.5, 0.6) is 0 Å². The number of hydrogen-bond donors (Lipinski definition) is 3. The largest absolute Gasteiger partial charge is 0.478 e. The van der Waals surface area contributed by atoms with Gasteiger partial charge in [-0.05, 0) is 60.9 Å². The Kier molecular flexibility index (Phi) is 7.70. The first-order chi connectivity index (χ1) is 16.1. The Morgan fingerprint density at radius 1 is 0.971 bits per heavy atom. The molecule has 0 aliphatic carbocycles. The van der Waals surface area contributed by atoms with Crippen molar-refractivity contribution >= 4 is 27.6 Å². The van der Waals surface area contributed by atoms with Crippen LogP contribution < -0.4 is 9.62 Å². The van der Waals surface area contributed by atoms with E-state index in [1.807, 2.05) is 6.92 Å². The fourth-order valence-corrected chi connectivity index (χ4v) is 4.93. The molecular formula is C25H26N2O6S. The highest BCUT2D eigenvalue weighted by molar-refractivity contribution is 7.92. The Morgan fingerprint density at radius 2 is 1.65 bits per heavy atom. The predicted molar refractivity (Wildman–Crippen MR) is 128 cm³/mol. The molecule has 0 aliphatic heterocycles. The second kappa shape index (κ2) is 10.5. The number of aliphatic hydroxyl groups is 1. The van der Waals surface area contributed by atoms with Gasteiger partial charge in [0, 0.05) is 6.54 Å². The van der Waals surface area contributed by atoms with E-state index in [2.05, 4.69) is 5.32 Å². The highest BCUT2D eigenvalue weighted by Crippen LogP contribution is 2.29. The molecule has 0 fully saturated rings. The molecule has 3 aromatic rings. The van der Waals surface area contributed by atoms with E-state index in [1.165, 1.54) is 24.3 Å². The zero-order valence-corrected chi connectivity index (χ0v) is 19.7. The number of aromatic carboxylic acids is 1. The molecule has 0 radical (unpaired) electrons. The molecule has 0 saturated carbocycles. The van der Waals surface area contributed by atoms with Gasteiger partial charge in [0.05, 0.1) is 22.8 Å². The predicted octanol–water partition coefficient (Wildman–Crippen LogP) is 3.01. The number of aliphatic hydroxyl groups excluding tert-OH is 1. The van der Waals surface area contributed by atoms with Gasteiger partial charge in [-0.15, -0.1) is 0 Å². The van der Waals surface area contributed by atoms with Crippen LogP contribution in [0.3, 0.4) is 0 Å². The molecule has 0 aliphatic rings. The lowest BCUT2D eigenvalue weighted by atomic mass is 10.1. The second-order valence-electron chi connectivity index (χ2n) is 7.83. The van der Waals surface area contributed by atoms with Crippen LogP contribution in [0.1, 0.15) is 32.6 Å². The Bertz CT molecular complexity index is 1300. The molecule has 0 unspecified atom stereocenters. The Labute approximate surface area is 198 Å². The van der Waals surface area contributed by atoms with Gasteiger partial charge in [0.25, 0.3) is 10.0 Å². The van der Waals surface area contributed by atoms with Crippen LogP contribution >= 0.6 is 0 Å². The number of benzene rings is 3. The number of carbonyl (C=O) groups is 2. The quantitative estimate of drug-likeness (QED) is 0.431. The van der Waals surface area contributed by atoms with Crippen LogP contribution in [0.2, 0.25) is 0 Å². The molecule has 9 heteroatoms. The summed E-state index contributed by atoms with van der Waals surface area (Å²) < 4.78 is 28.1. The summed E-state index contributed by atoms with van der Waals surface area (Å²) in [5, 5.41) is 21.4. The molecular weight excluding hydrogens is 456 g/mol. The van der Waals surface area contributed by atoms with Crippen molar-refractivity contribution in [1.29, 1.82) is 0 Å². The number of amides is 1. The zero-order valence-electron chi connectivity index (χ0n) is 18.9. The number of anilines is 1. The van der Waals surface area contributed by atoms with Crippen molar-refractivity contribution in [1.82, 2.24) is 5.32 Å². The minimum absolute atomic E-state index is 0.0357. The average molecular weight is 483 g/mol. The average Bonchev–Trinajstić information content (AvgIpc) is 2.82. The maximum absolute atomic E-state index is 13.5. The fourth-order valence-electron chi connectivity index (χ4n) is 3.45. The van der Waals surface area contributed by atoms with Crippen molar-refractivity contribution in [2.45, 2.75) is 31.9 Å². The van der Waals surface area contributed by atoms with Crippen LogP contribution in [-0.4, -0.2) is 37.1 Å². The number of nitrogens with zero attached hydrogens (tertiary/aromatic N) is 1. The first-order valence-electron chi connectivity index (χ1n) is 10.5. The van der Waals surface area contributed by atoms with Crippen molar-refractivity contribution in [3.05, 3.63) is 94.5 Å². The first-order valence-corrected chi connectivity index (χ1v) is 11.9. The lowest BCUT2D eigenvalue weighted by molar-refractivity contribution is -0.119. The highest BCUT2D eigenvalue weighted by atomic mass is 32.2. The maximum atomic E-state index is 13.5. The molecule has 0 aromatic heterocycles. The number of nitrogens with one attached hydrogen (secondary N) is 1. The third-order valence-corrected chi connectivity index (χ3v) is 7.19. The highest BCUT2D eigenvalue weighted by Gasteiger charge is 2.28. The van der Waals surface area contributed by atoms with Crippen LogP contribution in [0.25, 0.3) is 0 Å². The molecule has 0 heterocycles. The first kappa shape index (κ1) is 24.9. The summed E-state index contributed by atoms with van der Waals surface area (Å²) in [5.74, 6) is -1.65. The van der Waals surface area contributed by atoms with Crippen LogP contribution in [0.4, 0.5) is 5.69 Å². The van der Waals surface area contributed by atoms with Crippen molar-refractivity contribution in [2.75, 3.05) is 10.8 Å². The maximum Gasteiger partial charge on any atom is 0.335 e. The fraction of sp³-hybridized carbons (Fsp3) is 0.200. The van der Waals surface area contributed by atoms with Crippen molar-refractivity contribution in [3.63, 3.8) is 0 Å². The van der Waals surface area contributed by atoms with Gasteiger partial charge in [0.2, 0.25) is 5.91 Å². The minimum Gasteiger partial charge on any atom is -0.478 e. The molecule has 0 bridgehead atoms. The van der Waals surface area contributed by atoms with Gasteiger partial charge >= 0.3 is 5.97 Å². The molecule has 3 N–H and O–H groups in total. The molecule has 0 atom stereocenters. The van der Waals surface area contributed by atoms with Gasteiger partial charge in [-0.3, -0.25) is 9.10 Å². The summed E-state index contributed by atoms with van der Waals surface area (Å²) in [6.07, 6.45) is 0. The Balaban J connectivity index is 1.91. The van der Waals surface area contributed by atoms with Gasteiger partial charge in [0.15, 0.2) is 0 Å². The van der Waals surface area contributed by atoms with E-state index in [1.54, 1.807) is 49.4 Å². The molecule has 0 spiro atoms. The monoisotopic (exact) mass is 482 g/mol. The minimum atomic E-state index is -4.10.